The van der Waals surface area contributed by atoms with E-state index in [1.54, 1.807) is 0 Å². The quantitative estimate of drug-likeness (QED) is 0.537. The van der Waals surface area contributed by atoms with Crippen LogP contribution in [0, 0.1) is 0 Å². The van der Waals surface area contributed by atoms with E-state index in [4.69, 9.17) is 11.6 Å². The van der Waals surface area contributed by atoms with Crippen LogP contribution in [0.5, 0.6) is 0 Å². The first-order valence-electron chi connectivity index (χ1n) is 8.34. The highest BCUT2D eigenvalue weighted by Crippen LogP contribution is 2.33. The highest BCUT2D eigenvalue weighted by molar-refractivity contribution is 6.32. The van der Waals surface area contributed by atoms with Gasteiger partial charge in [0.25, 0.3) is 5.91 Å². The minimum atomic E-state index is -4.84. The summed E-state index contributed by atoms with van der Waals surface area (Å²) in [6, 6.07) is 10.8. The average Bonchev–Trinajstić information content (AvgIpc) is 3.12. The van der Waals surface area contributed by atoms with Crippen LogP contribution in [0.25, 0.3) is 5.69 Å². The summed E-state index contributed by atoms with van der Waals surface area (Å²) in [6.07, 6.45) is -9.49. The van der Waals surface area contributed by atoms with Crippen LogP contribution in [-0.2, 0) is 18.9 Å². The maximum atomic E-state index is 13.1. The molecular weight excluding hydrogens is 436 g/mol. The standard InChI is InChI=1S/C19H12ClF6N3O/c20-13-7-3-4-8-14(13)29-15(9-16(28-29)19(24,25)26)17(30)27-10-11-5-1-2-6-12(11)18(21,22)23/h1-9H,10H2,(H,27,30). The van der Waals surface area contributed by atoms with Crippen LogP contribution in [0.15, 0.2) is 54.6 Å². The van der Waals surface area contributed by atoms with Gasteiger partial charge in [-0.15, -0.1) is 0 Å². The van der Waals surface area contributed by atoms with Crippen molar-refractivity contribution in [2.24, 2.45) is 0 Å². The Morgan fingerprint density at radius 2 is 1.60 bits per heavy atom. The van der Waals surface area contributed by atoms with Crippen LogP contribution < -0.4 is 5.32 Å². The summed E-state index contributed by atoms with van der Waals surface area (Å²) < 4.78 is 79.4. The zero-order chi connectivity index (χ0) is 22.1. The molecule has 3 aromatic rings. The summed E-state index contributed by atoms with van der Waals surface area (Å²) in [5.41, 5.74) is -3.06. The number of carbonyl (C=O) groups excluding carboxylic acids is 1. The lowest BCUT2D eigenvalue weighted by Gasteiger charge is -2.14. The van der Waals surface area contributed by atoms with Crippen molar-refractivity contribution in [3.63, 3.8) is 0 Å². The molecule has 0 saturated heterocycles. The third kappa shape index (κ3) is 4.59. The number of hydrogen-bond acceptors (Lipinski definition) is 2. The smallest absolute Gasteiger partial charge is 0.347 e. The molecule has 30 heavy (non-hydrogen) atoms. The summed E-state index contributed by atoms with van der Waals surface area (Å²) in [5, 5.41) is 5.66. The van der Waals surface area contributed by atoms with E-state index in [9.17, 15) is 31.1 Å². The maximum Gasteiger partial charge on any atom is 0.435 e. The van der Waals surface area contributed by atoms with Gasteiger partial charge in [-0.1, -0.05) is 41.9 Å². The molecule has 0 spiro atoms. The Hall–Kier alpha value is -3.01. The Kier molecular flexibility index (Phi) is 5.80. The summed E-state index contributed by atoms with van der Waals surface area (Å²) in [4.78, 5) is 12.6. The topological polar surface area (TPSA) is 46.9 Å². The molecule has 2 aromatic carbocycles. The summed E-state index contributed by atoms with van der Waals surface area (Å²) in [7, 11) is 0. The molecular formula is C19H12ClF6N3O. The van der Waals surface area contributed by atoms with Gasteiger partial charge in [-0.05, 0) is 23.8 Å². The highest BCUT2D eigenvalue weighted by atomic mass is 35.5. The molecule has 4 nitrogen and oxygen atoms in total. The second kappa shape index (κ2) is 8.02. The predicted octanol–water partition coefficient (Wildman–Crippen LogP) is 5.49. The molecule has 1 N–H and O–H groups in total. The maximum absolute atomic E-state index is 13.1. The van der Waals surface area contributed by atoms with Crippen molar-refractivity contribution < 1.29 is 31.1 Å². The zero-order valence-corrected chi connectivity index (χ0v) is 15.6. The number of nitrogens with zero attached hydrogens (tertiary/aromatic N) is 2. The van der Waals surface area contributed by atoms with Crippen LogP contribution in [0.3, 0.4) is 0 Å². The predicted molar refractivity (Wildman–Crippen MR) is 96.2 cm³/mol. The van der Waals surface area contributed by atoms with E-state index < -0.39 is 41.8 Å². The van der Waals surface area contributed by atoms with Gasteiger partial charge in [0.05, 0.1) is 16.3 Å². The van der Waals surface area contributed by atoms with Gasteiger partial charge in [-0.2, -0.15) is 31.4 Å². The number of benzene rings is 2. The fraction of sp³-hybridized carbons (Fsp3) is 0.158. The summed E-state index contributed by atoms with van der Waals surface area (Å²) in [6.45, 7) is -0.552. The van der Waals surface area contributed by atoms with Gasteiger partial charge in [0.15, 0.2) is 5.69 Å². The second-order valence-corrected chi connectivity index (χ2v) is 6.52. The van der Waals surface area contributed by atoms with Gasteiger partial charge >= 0.3 is 12.4 Å². The van der Waals surface area contributed by atoms with Crippen molar-refractivity contribution in [3.8, 4) is 5.69 Å². The Morgan fingerprint density at radius 3 is 2.23 bits per heavy atom. The van der Waals surface area contributed by atoms with E-state index in [2.05, 4.69) is 10.4 Å². The van der Waals surface area contributed by atoms with Crippen molar-refractivity contribution >= 4 is 17.5 Å². The number of hydrogen-bond donors (Lipinski definition) is 1. The number of rotatable bonds is 4. The minimum absolute atomic E-state index is 0.00973. The van der Waals surface area contributed by atoms with Crippen LogP contribution in [0.1, 0.15) is 27.3 Å². The Labute approximate surface area is 171 Å². The number of halogens is 7. The van der Waals surface area contributed by atoms with Gasteiger partial charge in [-0.25, -0.2) is 4.68 Å². The Bertz CT molecular complexity index is 1070. The molecule has 0 aliphatic rings. The molecule has 0 radical (unpaired) electrons. The first kappa shape index (κ1) is 21.7. The lowest BCUT2D eigenvalue weighted by Crippen LogP contribution is -2.26. The fourth-order valence-electron chi connectivity index (χ4n) is 2.71. The molecule has 1 aromatic heterocycles. The fourth-order valence-corrected chi connectivity index (χ4v) is 2.92. The molecule has 0 atom stereocenters. The first-order chi connectivity index (χ1) is 14.0. The molecule has 1 amide bonds. The number of carbonyl (C=O) groups is 1. The van der Waals surface area contributed by atoms with Crippen molar-refractivity contribution in [3.05, 3.63) is 82.1 Å². The van der Waals surface area contributed by atoms with E-state index in [1.807, 2.05) is 0 Å². The van der Waals surface area contributed by atoms with E-state index >= 15 is 0 Å². The molecule has 158 valence electrons. The minimum Gasteiger partial charge on any atom is -0.347 e. The normalized spacial score (nSPS) is 12.1. The lowest BCUT2D eigenvalue weighted by molar-refractivity contribution is -0.141. The lowest BCUT2D eigenvalue weighted by atomic mass is 10.1. The molecule has 0 aliphatic carbocycles. The van der Waals surface area contributed by atoms with Gasteiger partial charge in [0.1, 0.15) is 5.69 Å². The van der Waals surface area contributed by atoms with Crippen molar-refractivity contribution in [2.45, 2.75) is 18.9 Å². The molecule has 1 heterocycles. The van der Waals surface area contributed by atoms with Crippen LogP contribution in [-0.4, -0.2) is 15.7 Å². The second-order valence-electron chi connectivity index (χ2n) is 6.11. The summed E-state index contributed by atoms with van der Waals surface area (Å²) in [5.74, 6) is -1.05. The molecule has 3 rings (SSSR count). The van der Waals surface area contributed by atoms with Crippen LogP contribution in [0.4, 0.5) is 26.3 Å². The van der Waals surface area contributed by atoms with Gasteiger partial charge < -0.3 is 5.32 Å². The highest BCUT2D eigenvalue weighted by Gasteiger charge is 2.37. The summed E-state index contributed by atoms with van der Waals surface area (Å²) >= 11 is 6.00. The number of para-hydroxylation sites is 1. The monoisotopic (exact) mass is 447 g/mol. The first-order valence-corrected chi connectivity index (χ1v) is 8.71. The van der Waals surface area contributed by atoms with Crippen LogP contribution >= 0.6 is 11.6 Å². The number of aromatic nitrogens is 2. The SMILES string of the molecule is O=C(NCc1ccccc1C(F)(F)F)c1cc(C(F)(F)F)nn1-c1ccccc1Cl. The van der Waals surface area contributed by atoms with E-state index in [0.29, 0.717) is 10.7 Å². The van der Waals surface area contributed by atoms with E-state index in [1.165, 1.54) is 36.4 Å². The van der Waals surface area contributed by atoms with Gasteiger partial charge in [0, 0.05) is 12.6 Å². The van der Waals surface area contributed by atoms with Crippen molar-refractivity contribution in [2.75, 3.05) is 0 Å². The van der Waals surface area contributed by atoms with Crippen molar-refractivity contribution in [1.29, 1.82) is 0 Å². The zero-order valence-electron chi connectivity index (χ0n) is 14.9. The largest absolute Gasteiger partial charge is 0.435 e. The number of alkyl halides is 6. The Morgan fingerprint density at radius 1 is 0.967 bits per heavy atom. The molecule has 0 saturated carbocycles. The molecule has 0 aliphatic heterocycles. The molecule has 11 heteroatoms. The number of amides is 1. The van der Waals surface area contributed by atoms with Crippen LogP contribution in [0.2, 0.25) is 5.02 Å². The molecule has 0 unspecified atom stereocenters. The van der Waals surface area contributed by atoms with Crippen molar-refractivity contribution in [1.82, 2.24) is 15.1 Å². The van der Waals surface area contributed by atoms with E-state index in [0.717, 1.165) is 12.1 Å². The Balaban J connectivity index is 1.95. The molecule has 0 fully saturated rings. The number of nitrogens with one attached hydrogen (secondary N) is 1. The molecule has 0 bridgehead atoms. The third-order valence-electron chi connectivity index (χ3n) is 4.08. The third-order valence-corrected chi connectivity index (χ3v) is 4.39. The van der Waals surface area contributed by atoms with Gasteiger partial charge in [0.2, 0.25) is 0 Å². The average molecular weight is 448 g/mol. The van der Waals surface area contributed by atoms with E-state index in [-0.39, 0.29) is 16.3 Å². The van der Waals surface area contributed by atoms with Gasteiger partial charge in [-0.3, -0.25) is 4.79 Å².